The molecular formula is C11H14N2O5S. The van der Waals surface area contributed by atoms with Crippen molar-refractivity contribution in [2.75, 3.05) is 6.26 Å². The summed E-state index contributed by atoms with van der Waals surface area (Å²) >= 11 is 0. The molecule has 1 rings (SSSR count). The molecule has 7 nitrogen and oxygen atoms in total. The molecule has 0 saturated heterocycles. The van der Waals surface area contributed by atoms with Gasteiger partial charge in [0.1, 0.15) is 11.0 Å². The first-order chi connectivity index (χ1) is 8.81. The Balaban J connectivity index is 3.32. The fourth-order valence-electron chi connectivity index (χ4n) is 1.79. The number of sulfone groups is 1. The predicted octanol–water partition coefficient (Wildman–Crippen LogP) is 1.60. The van der Waals surface area contributed by atoms with Crippen LogP contribution >= 0.6 is 0 Å². The predicted molar refractivity (Wildman–Crippen MR) is 70.3 cm³/mol. The number of nitro groups is 1. The molecule has 0 amide bonds. The molecule has 104 valence electrons. The number of benzene rings is 1. The molecule has 1 N–H and O–H groups in total. The summed E-state index contributed by atoms with van der Waals surface area (Å²) in [6, 6.07) is 5.34. The first-order valence-corrected chi connectivity index (χ1v) is 7.42. The van der Waals surface area contributed by atoms with Gasteiger partial charge in [0.2, 0.25) is 0 Å². The van der Waals surface area contributed by atoms with Crippen molar-refractivity contribution in [3.05, 3.63) is 39.9 Å². The molecule has 0 radical (unpaired) electrons. The third kappa shape index (κ3) is 3.50. The zero-order valence-electron chi connectivity index (χ0n) is 10.5. The second-order valence-corrected chi connectivity index (χ2v) is 6.25. The van der Waals surface area contributed by atoms with Gasteiger partial charge in [0.05, 0.1) is 4.92 Å². The fourth-order valence-corrected chi connectivity index (χ4v) is 2.98. The minimum absolute atomic E-state index is 0.0892. The highest BCUT2D eigenvalue weighted by Crippen LogP contribution is 2.18. The van der Waals surface area contributed by atoms with E-state index >= 15 is 0 Å². The van der Waals surface area contributed by atoms with Gasteiger partial charge >= 0.3 is 0 Å². The van der Waals surface area contributed by atoms with Gasteiger partial charge in [0.15, 0.2) is 9.84 Å². The van der Waals surface area contributed by atoms with E-state index in [1.807, 2.05) is 0 Å². The second kappa shape index (κ2) is 5.79. The zero-order chi connectivity index (χ0) is 14.6. The van der Waals surface area contributed by atoms with E-state index in [2.05, 4.69) is 5.16 Å². The summed E-state index contributed by atoms with van der Waals surface area (Å²) < 4.78 is 23.3. The van der Waals surface area contributed by atoms with Crippen molar-refractivity contribution in [3.63, 3.8) is 0 Å². The summed E-state index contributed by atoms with van der Waals surface area (Å²) in [4.78, 5) is 10.1. The van der Waals surface area contributed by atoms with E-state index in [0.29, 0.717) is 0 Å². The van der Waals surface area contributed by atoms with Crippen LogP contribution in [-0.2, 0) is 9.84 Å². The first-order valence-electron chi connectivity index (χ1n) is 5.47. The van der Waals surface area contributed by atoms with Crippen molar-refractivity contribution in [2.24, 2.45) is 5.16 Å². The molecule has 0 heterocycles. The van der Waals surface area contributed by atoms with Crippen LogP contribution in [0.15, 0.2) is 29.4 Å². The average molecular weight is 286 g/mol. The first kappa shape index (κ1) is 15.1. The number of nitrogens with zero attached hydrogens (tertiary/aromatic N) is 2. The van der Waals surface area contributed by atoms with Crippen LogP contribution in [0.2, 0.25) is 0 Å². The Morgan fingerprint density at radius 2 is 2.16 bits per heavy atom. The van der Waals surface area contributed by atoms with Gasteiger partial charge in [-0.05, 0) is 6.42 Å². The minimum atomic E-state index is -3.47. The molecule has 8 heteroatoms. The van der Waals surface area contributed by atoms with Crippen LogP contribution in [0, 0.1) is 10.1 Å². The highest BCUT2D eigenvalue weighted by atomic mass is 32.2. The molecule has 0 saturated carbocycles. The van der Waals surface area contributed by atoms with Gasteiger partial charge in [-0.25, -0.2) is 8.42 Å². The molecule has 0 aliphatic rings. The van der Waals surface area contributed by atoms with Crippen LogP contribution in [0.5, 0.6) is 0 Å². The Morgan fingerprint density at radius 3 is 2.58 bits per heavy atom. The van der Waals surface area contributed by atoms with E-state index < -0.39 is 20.0 Å². The Hall–Kier alpha value is -1.96. The number of hydrogen-bond donors (Lipinski definition) is 1. The van der Waals surface area contributed by atoms with Crippen molar-refractivity contribution in [1.29, 1.82) is 0 Å². The van der Waals surface area contributed by atoms with Crippen molar-refractivity contribution >= 4 is 21.2 Å². The van der Waals surface area contributed by atoms with Crippen LogP contribution in [0.25, 0.3) is 0 Å². The molecule has 1 aromatic rings. The van der Waals surface area contributed by atoms with E-state index in [1.54, 1.807) is 6.92 Å². The molecule has 0 spiro atoms. The third-order valence-corrected chi connectivity index (χ3v) is 4.24. The second-order valence-electron chi connectivity index (χ2n) is 4.02. The van der Waals surface area contributed by atoms with E-state index in [4.69, 9.17) is 5.21 Å². The fraction of sp³-hybridized carbons (Fsp3) is 0.364. The summed E-state index contributed by atoms with van der Waals surface area (Å²) in [5, 5.41) is 21.7. The summed E-state index contributed by atoms with van der Waals surface area (Å²) in [6.07, 6.45) is 1.24. The van der Waals surface area contributed by atoms with Gasteiger partial charge in [-0.1, -0.05) is 24.2 Å². The van der Waals surface area contributed by atoms with Crippen LogP contribution in [-0.4, -0.2) is 35.8 Å². The van der Waals surface area contributed by atoms with Crippen molar-refractivity contribution < 1.29 is 18.5 Å². The monoisotopic (exact) mass is 286 g/mol. The van der Waals surface area contributed by atoms with Gasteiger partial charge in [0, 0.05) is 24.0 Å². The lowest BCUT2D eigenvalue weighted by Gasteiger charge is -2.14. The molecule has 0 aliphatic carbocycles. The Labute approximate surface area is 110 Å². The lowest BCUT2D eigenvalue weighted by molar-refractivity contribution is -0.384. The number of nitro benzene ring substituents is 1. The van der Waals surface area contributed by atoms with E-state index in [1.165, 1.54) is 24.3 Å². The molecule has 0 aliphatic heterocycles. The molecule has 0 fully saturated rings. The van der Waals surface area contributed by atoms with E-state index in [0.717, 1.165) is 6.26 Å². The van der Waals surface area contributed by atoms with Gasteiger partial charge < -0.3 is 5.21 Å². The van der Waals surface area contributed by atoms with Crippen molar-refractivity contribution in [3.8, 4) is 0 Å². The Bertz CT molecular complexity index is 609. The minimum Gasteiger partial charge on any atom is -0.411 e. The number of rotatable bonds is 5. The van der Waals surface area contributed by atoms with Crippen LogP contribution in [0.3, 0.4) is 0 Å². The number of non-ortho nitro benzene ring substituents is 1. The molecule has 0 aromatic heterocycles. The van der Waals surface area contributed by atoms with Gasteiger partial charge in [-0.15, -0.1) is 0 Å². The van der Waals surface area contributed by atoms with Crippen molar-refractivity contribution in [1.82, 2.24) is 0 Å². The average Bonchev–Trinajstić information content (AvgIpc) is 2.34. The topological polar surface area (TPSA) is 110 Å². The summed E-state index contributed by atoms with van der Waals surface area (Å²) in [7, 11) is -3.47. The Kier molecular flexibility index (Phi) is 4.60. The maximum atomic E-state index is 11.6. The highest BCUT2D eigenvalue weighted by Gasteiger charge is 2.27. The molecule has 0 unspecified atom stereocenters. The lowest BCUT2D eigenvalue weighted by atomic mass is 10.1. The largest absolute Gasteiger partial charge is 0.411 e. The quantitative estimate of drug-likeness (QED) is 0.382. The number of oxime groups is 1. The van der Waals surface area contributed by atoms with Gasteiger partial charge in [-0.3, -0.25) is 10.1 Å². The molecule has 19 heavy (non-hydrogen) atoms. The number of hydrogen-bond acceptors (Lipinski definition) is 6. The van der Waals surface area contributed by atoms with Crippen molar-refractivity contribution in [2.45, 2.75) is 18.6 Å². The van der Waals surface area contributed by atoms with E-state index in [9.17, 15) is 18.5 Å². The van der Waals surface area contributed by atoms with Gasteiger partial charge in [-0.2, -0.15) is 0 Å². The standard InChI is InChI=1S/C11H14N2O5S/c1-3-10(19(2,17)18)11(12-14)8-5-4-6-9(7-8)13(15)16/h4-7,10,14H,3H2,1-2H3/b12-11-/t10-/m1/s1. The molecule has 1 atom stereocenters. The maximum absolute atomic E-state index is 11.6. The summed E-state index contributed by atoms with van der Waals surface area (Å²) in [5.41, 5.74) is -0.0651. The zero-order valence-corrected chi connectivity index (χ0v) is 11.3. The van der Waals surface area contributed by atoms with E-state index in [-0.39, 0.29) is 23.4 Å². The molecular weight excluding hydrogens is 272 g/mol. The van der Waals surface area contributed by atoms with Crippen LogP contribution in [0.4, 0.5) is 5.69 Å². The maximum Gasteiger partial charge on any atom is 0.270 e. The third-order valence-electron chi connectivity index (χ3n) is 2.65. The lowest BCUT2D eigenvalue weighted by Crippen LogP contribution is -2.29. The summed E-state index contributed by atoms with van der Waals surface area (Å²) in [6.45, 7) is 1.63. The normalized spacial score (nSPS) is 14.1. The SMILES string of the molecule is CC[C@H](/C(=N\O)c1cccc([N+](=O)[O-])c1)S(C)(=O)=O. The smallest absolute Gasteiger partial charge is 0.270 e. The molecule has 1 aromatic carbocycles. The summed E-state index contributed by atoms with van der Waals surface area (Å²) in [5.74, 6) is 0. The Morgan fingerprint density at radius 1 is 1.53 bits per heavy atom. The highest BCUT2D eigenvalue weighted by molar-refractivity contribution is 7.92. The van der Waals surface area contributed by atoms with Crippen LogP contribution < -0.4 is 0 Å². The van der Waals surface area contributed by atoms with Crippen LogP contribution in [0.1, 0.15) is 18.9 Å². The molecule has 0 bridgehead atoms. The van der Waals surface area contributed by atoms with Gasteiger partial charge in [0.25, 0.3) is 5.69 Å².